The van der Waals surface area contributed by atoms with Crippen molar-refractivity contribution in [2.75, 3.05) is 7.11 Å². The third-order valence-electron chi connectivity index (χ3n) is 2.65. The number of methoxy groups -OCH3 is 1. The molecule has 0 fully saturated rings. The van der Waals surface area contributed by atoms with E-state index >= 15 is 0 Å². The Morgan fingerprint density at radius 3 is 2.25 bits per heavy atom. The molecule has 0 saturated heterocycles. The molecule has 6 heteroatoms. The minimum atomic E-state index is -3.90. The standard InChI is InChI=1S/C14H13ClO4S/c1-10-3-6-12(7-4-10)20(16,17)19-14-8-5-11(18-2)9-13(14)15/h3-9H,1-2H3. The maximum absolute atomic E-state index is 12.1. The summed E-state index contributed by atoms with van der Waals surface area (Å²) in [6, 6.07) is 10.9. The van der Waals surface area contributed by atoms with Gasteiger partial charge in [-0.2, -0.15) is 8.42 Å². The minimum absolute atomic E-state index is 0.0630. The van der Waals surface area contributed by atoms with Crippen LogP contribution in [-0.2, 0) is 10.1 Å². The second-order valence-corrected chi connectivity index (χ2v) is 6.10. The van der Waals surface area contributed by atoms with Crippen molar-refractivity contribution in [3.05, 3.63) is 53.1 Å². The average Bonchev–Trinajstić information content (AvgIpc) is 2.41. The van der Waals surface area contributed by atoms with Gasteiger partial charge in [0.25, 0.3) is 0 Å². The molecular formula is C14H13ClO4S. The fraction of sp³-hybridized carbons (Fsp3) is 0.143. The number of halogens is 1. The molecule has 0 unspecified atom stereocenters. The van der Waals surface area contributed by atoms with Crippen LogP contribution in [0.1, 0.15) is 5.56 Å². The maximum atomic E-state index is 12.1. The highest BCUT2D eigenvalue weighted by atomic mass is 35.5. The molecular weight excluding hydrogens is 300 g/mol. The fourth-order valence-electron chi connectivity index (χ4n) is 1.55. The van der Waals surface area contributed by atoms with Gasteiger partial charge in [-0.15, -0.1) is 0 Å². The van der Waals surface area contributed by atoms with Gasteiger partial charge in [0.15, 0.2) is 5.75 Å². The van der Waals surface area contributed by atoms with Crippen LogP contribution in [0.4, 0.5) is 0 Å². The molecule has 0 heterocycles. The molecule has 4 nitrogen and oxygen atoms in total. The van der Waals surface area contributed by atoms with Crippen LogP contribution < -0.4 is 8.92 Å². The predicted molar refractivity (Wildman–Crippen MR) is 77.0 cm³/mol. The van der Waals surface area contributed by atoms with Crippen LogP contribution in [0.5, 0.6) is 11.5 Å². The summed E-state index contributed by atoms with van der Waals surface area (Å²) in [5.41, 5.74) is 0.964. The lowest BCUT2D eigenvalue weighted by Crippen LogP contribution is -2.10. The Labute approximate surface area is 123 Å². The molecule has 20 heavy (non-hydrogen) atoms. The number of benzene rings is 2. The van der Waals surface area contributed by atoms with Gasteiger partial charge in [-0.1, -0.05) is 29.3 Å². The average molecular weight is 313 g/mol. The molecule has 0 bridgehead atoms. The minimum Gasteiger partial charge on any atom is -0.497 e. The van der Waals surface area contributed by atoms with Crippen molar-refractivity contribution in [1.82, 2.24) is 0 Å². The molecule has 0 radical (unpaired) electrons. The molecule has 0 aromatic heterocycles. The van der Waals surface area contributed by atoms with Crippen molar-refractivity contribution in [3.63, 3.8) is 0 Å². The lowest BCUT2D eigenvalue weighted by molar-refractivity contribution is 0.413. The first-order valence-electron chi connectivity index (χ1n) is 5.77. The summed E-state index contributed by atoms with van der Waals surface area (Å²) in [4.78, 5) is 0.0787. The Hall–Kier alpha value is -1.72. The SMILES string of the molecule is COc1ccc(OS(=O)(=O)c2ccc(C)cc2)c(Cl)c1. The lowest BCUT2D eigenvalue weighted by Gasteiger charge is -2.09. The number of aryl methyl sites for hydroxylation is 1. The molecule has 2 aromatic carbocycles. The second-order valence-electron chi connectivity index (χ2n) is 4.15. The molecule has 0 spiro atoms. The summed E-state index contributed by atoms with van der Waals surface area (Å²) in [5.74, 6) is 0.586. The van der Waals surface area contributed by atoms with Gasteiger partial charge in [0.1, 0.15) is 10.6 Å². The van der Waals surface area contributed by atoms with Gasteiger partial charge in [0.2, 0.25) is 0 Å². The van der Waals surface area contributed by atoms with Gasteiger partial charge in [-0.05, 0) is 31.2 Å². The molecule has 0 aliphatic carbocycles. The largest absolute Gasteiger partial charge is 0.497 e. The summed E-state index contributed by atoms with van der Waals surface area (Å²) in [5, 5.41) is 0.167. The van der Waals surface area contributed by atoms with Crippen LogP contribution in [0.2, 0.25) is 5.02 Å². The zero-order valence-electron chi connectivity index (χ0n) is 11.0. The number of hydrogen-bond acceptors (Lipinski definition) is 4. The normalized spacial score (nSPS) is 11.2. The third kappa shape index (κ3) is 3.23. The van der Waals surface area contributed by atoms with E-state index in [4.69, 9.17) is 20.5 Å². The van der Waals surface area contributed by atoms with Gasteiger partial charge in [-0.25, -0.2) is 0 Å². The van der Waals surface area contributed by atoms with Gasteiger partial charge >= 0.3 is 10.1 Å². The molecule has 2 aromatic rings. The number of ether oxygens (including phenoxy) is 1. The molecule has 0 atom stereocenters. The van der Waals surface area contributed by atoms with E-state index in [1.807, 2.05) is 6.92 Å². The maximum Gasteiger partial charge on any atom is 0.339 e. The van der Waals surface area contributed by atoms with Crippen molar-refractivity contribution in [2.24, 2.45) is 0 Å². The lowest BCUT2D eigenvalue weighted by atomic mass is 10.2. The predicted octanol–water partition coefficient (Wildman–Crippen LogP) is 3.42. The monoisotopic (exact) mass is 312 g/mol. The van der Waals surface area contributed by atoms with E-state index in [-0.39, 0.29) is 15.7 Å². The summed E-state index contributed by atoms with van der Waals surface area (Å²) in [6.45, 7) is 1.87. The van der Waals surface area contributed by atoms with E-state index in [2.05, 4.69) is 0 Å². The molecule has 0 saturated carbocycles. The van der Waals surface area contributed by atoms with E-state index in [1.54, 1.807) is 18.2 Å². The first kappa shape index (κ1) is 14.7. The Morgan fingerprint density at radius 1 is 1.05 bits per heavy atom. The highest BCUT2D eigenvalue weighted by molar-refractivity contribution is 7.87. The molecule has 0 N–H and O–H groups in total. The van der Waals surface area contributed by atoms with Crippen molar-refractivity contribution >= 4 is 21.7 Å². The quantitative estimate of drug-likeness (QED) is 0.812. The van der Waals surface area contributed by atoms with Crippen LogP contribution in [0, 0.1) is 6.92 Å². The smallest absolute Gasteiger partial charge is 0.339 e. The number of hydrogen-bond donors (Lipinski definition) is 0. The Kier molecular flexibility index (Phi) is 4.20. The first-order valence-corrected chi connectivity index (χ1v) is 7.56. The van der Waals surface area contributed by atoms with Crippen molar-refractivity contribution in [2.45, 2.75) is 11.8 Å². The van der Waals surface area contributed by atoms with Crippen LogP contribution in [0.15, 0.2) is 47.4 Å². The molecule has 2 rings (SSSR count). The summed E-state index contributed by atoms with van der Waals surface area (Å²) in [6.07, 6.45) is 0. The van der Waals surface area contributed by atoms with E-state index in [1.165, 1.54) is 31.4 Å². The number of rotatable bonds is 4. The Morgan fingerprint density at radius 2 is 1.70 bits per heavy atom. The highest BCUT2D eigenvalue weighted by Gasteiger charge is 2.18. The Bertz CT molecular complexity index is 708. The third-order valence-corrected chi connectivity index (χ3v) is 4.19. The molecule has 0 aliphatic heterocycles. The van der Waals surface area contributed by atoms with Crippen molar-refractivity contribution in [1.29, 1.82) is 0 Å². The van der Waals surface area contributed by atoms with Gasteiger partial charge in [0.05, 0.1) is 12.1 Å². The van der Waals surface area contributed by atoms with Crippen LogP contribution in [0.25, 0.3) is 0 Å². The molecule has 0 amide bonds. The summed E-state index contributed by atoms with van der Waals surface area (Å²) in [7, 11) is -2.40. The van der Waals surface area contributed by atoms with Gasteiger partial charge in [-0.3, -0.25) is 0 Å². The molecule has 0 aliphatic rings. The van der Waals surface area contributed by atoms with E-state index in [0.717, 1.165) is 5.56 Å². The van der Waals surface area contributed by atoms with E-state index in [9.17, 15) is 8.42 Å². The highest BCUT2D eigenvalue weighted by Crippen LogP contribution is 2.30. The van der Waals surface area contributed by atoms with Crippen molar-refractivity contribution < 1.29 is 17.3 Å². The summed E-state index contributed by atoms with van der Waals surface area (Å²) >= 11 is 5.96. The zero-order chi connectivity index (χ0) is 14.8. The van der Waals surface area contributed by atoms with Crippen LogP contribution in [-0.4, -0.2) is 15.5 Å². The first-order chi connectivity index (χ1) is 9.42. The van der Waals surface area contributed by atoms with Crippen LogP contribution in [0.3, 0.4) is 0 Å². The van der Waals surface area contributed by atoms with E-state index < -0.39 is 10.1 Å². The van der Waals surface area contributed by atoms with Crippen molar-refractivity contribution in [3.8, 4) is 11.5 Å². The summed E-state index contributed by atoms with van der Waals surface area (Å²) < 4.78 is 34.2. The fourth-order valence-corrected chi connectivity index (χ4v) is 2.75. The van der Waals surface area contributed by atoms with E-state index in [0.29, 0.717) is 5.75 Å². The van der Waals surface area contributed by atoms with Gasteiger partial charge < -0.3 is 8.92 Å². The Balaban J connectivity index is 2.31. The topological polar surface area (TPSA) is 52.6 Å². The molecule has 106 valence electrons. The van der Waals surface area contributed by atoms with Gasteiger partial charge in [0, 0.05) is 6.07 Å². The second kappa shape index (κ2) is 5.73. The van der Waals surface area contributed by atoms with Crippen LogP contribution >= 0.6 is 11.6 Å². The zero-order valence-corrected chi connectivity index (χ0v) is 12.5.